The predicted octanol–water partition coefficient (Wildman–Crippen LogP) is 2.84. The summed E-state index contributed by atoms with van der Waals surface area (Å²) in [5.74, 6) is 0.342. The van der Waals surface area contributed by atoms with Crippen molar-refractivity contribution >= 4 is 17.7 Å². The molecule has 1 saturated carbocycles. The minimum atomic E-state index is -0.204. The largest absolute Gasteiger partial charge is 0.359 e. The van der Waals surface area contributed by atoms with Crippen LogP contribution in [0.3, 0.4) is 0 Å². The van der Waals surface area contributed by atoms with Crippen molar-refractivity contribution in [3.05, 3.63) is 52.4 Å². The molecule has 152 valence electrons. The van der Waals surface area contributed by atoms with E-state index in [1.807, 2.05) is 6.08 Å². The lowest BCUT2D eigenvalue weighted by molar-refractivity contribution is -0.116. The number of hydrogen-bond donors (Lipinski definition) is 3. The topological polar surface area (TPSA) is 95.1 Å². The first-order valence-corrected chi connectivity index (χ1v) is 10.5. The van der Waals surface area contributed by atoms with Crippen LogP contribution in [0.1, 0.15) is 66.7 Å². The Morgan fingerprint density at radius 3 is 2.83 bits per heavy atom. The van der Waals surface area contributed by atoms with E-state index in [9.17, 15) is 4.79 Å². The van der Waals surface area contributed by atoms with Crippen LogP contribution >= 0.6 is 0 Å². The summed E-state index contributed by atoms with van der Waals surface area (Å²) in [5.41, 5.74) is 9.24. The van der Waals surface area contributed by atoms with Gasteiger partial charge in [-0.2, -0.15) is 5.10 Å². The first-order chi connectivity index (χ1) is 14.2. The Hall–Kier alpha value is -2.80. The average Bonchev–Trinajstić information content (AvgIpc) is 3.44. The number of aryl methyl sites for hydroxylation is 1. The molecule has 0 bridgehead atoms. The van der Waals surface area contributed by atoms with Gasteiger partial charge >= 0.3 is 0 Å². The van der Waals surface area contributed by atoms with Gasteiger partial charge in [0.15, 0.2) is 0 Å². The highest BCUT2D eigenvalue weighted by atomic mass is 16.2. The van der Waals surface area contributed by atoms with Gasteiger partial charge in [-0.1, -0.05) is 19.8 Å². The molecule has 2 aromatic heterocycles. The van der Waals surface area contributed by atoms with Crippen molar-refractivity contribution in [2.24, 2.45) is 5.10 Å². The van der Waals surface area contributed by atoms with Crippen molar-refractivity contribution in [2.45, 2.75) is 51.9 Å². The Labute approximate surface area is 171 Å². The highest BCUT2D eigenvalue weighted by Gasteiger charge is 2.29. The Morgan fingerprint density at radius 1 is 1.28 bits per heavy atom. The van der Waals surface area contributed by atoms with E-state index in [2.05, 4.69) is 44.6 Å². The molecule has 0 aromatic carbocycles. The molecule has 4 rings (SSSR count). The zero-order valence-electron chi connectivity index (χ0n) is 17.1. The lowest BCUT2D eigenvalue weighted by Crippen LogP contribution is -2.17. The van der Waals surface area contributed by atoms with Gasteiger partial charge in [0.25, 0.3) is 5.91 Å². The quantitative estimate of drug-likeness (QED) is 0.499. The summed E-state index contributed by atoms with van der Waals surface area (Å²) in [4.78, 5) is 24.5. The molecule has 0 saturated heterocycles. The summed E-state index contributed by atoms with van der Waals surface area (Å²) in [6.45, 7) is 6.19. The predicted molar refractivity (Wildman–Crippen MR) is 114 cm³/mol. The number of amides is 1. The molecule has 3 N–H and O–H groups in total. The number of nitrogens with one attached hydrogen (secondary N) is 3. The van der Waals surface area contributed by atoms with Gasteiger partial charge in [-0.15, -0.1) is 0 Å². The molecule has 1 amide bonds. The monoisotopic (exact) mass is 392 g/mol. The molecule has 1 fully saturated rings. The van der Waals surface area contributed by atoms with Gasteiger partial charge in [-0.05, 0) is 62.4 Å². The van der Waals surface area contributed by atoms with Crippen LogP contribution in [0.5, 0.6) is 0 Å². The van der Waals surface area contributed by atoms with Crippen LogP contribution in [-0.4, -0.2) is 39.7 Å². The Bertz CT molecular complexity index is 938. The van der Waals surface area contributed by atoms with Crippen LogP contribution in [0.4, 0.5) is 0 Å². The van der Waals surface area contributed by atoms with Crippen molar-refractivity contribution in [1.29, 1.82) is 0 Å². The number of carbonyl (C=O) groups excluding carboxylic acids is 1. The summed E-state index contributed by atoms with van der Waals surface area (Å²) in [6, 6.07) is 0. The zero-order valence-corrected chi connectivity index (χ0v) is 17.1. The first kappa shape index (κ1) is 19.5. The molecule has 1 aliphatic heterocycles. The first-order valence-electron chi connectivity index (χ1n) is 10.5. The molecule has 2 aliphatic rings. The lowest BCUT2D eigenvalue weighted by atomic mass is 9.90. The van der Waals surface area contributed by atoms with E-state index >= 15 is 0 Å². The highest BCUT2D eigenvalue weighted by molar-refractivity contribution is 6.32. The molecule has 1 aliphatic carbocycles. The summed E-state index contributed by atoms with van der Waals surface area (Å²) < 4.78 is 0. The van der Waals surface area contributed by atoms with Crippen molar-refractivity contribution in [3.63, 3.8) is 0 Å². The standard InChI is InChI=1S/C22H28N6O/c1-3-23-9-8-16-14(2)26-18(20(16)15-6-4-5-7-15)12-17-21(27-28-22(17)29)19-13-24-10-11-25-19/h10-13,15,23,26H,3-9H2,1-2H3,(H,28,29)/b17-12+. The van der Waals surface area contributed by atoms with Crippen LogP contribution in [0.2, 0.25) is 0 Å². The van der Waals surface area contributed by atoms with Crippen LogP contribution in [0.25, 0.3) is 6.08 Å². The van der Waals surface area contributed by atoms with E-state index in [1.54, 1.807) is 18.6 Å². The Kier molecular flexibility index (Phi) is 5.85. The second-order valence-corrected chi connectivity index (χ2v) is 7.69. The Morgan fingerprint density at radius 2 is 2.10 bits per heavy atom. The molecule has 3 heterocycles. The second kappa shape index (κ2) is 8.69. The lowest BCUT2D eigenvalue weighted by Gasteiger charge is -2.14. The molecule has 29 heavy (non-hydrogen) atoms. The molecular weight excluding hydrogens is 364 g/mol. The van der Waals surface area contributed by atoms with Gasteiger partial charge in [0, 0.05) is 23.8 Å². The molecule has 2 aromatic rings. The highest BCUT2D eigenvalue weighted by Crippen LogP contribution is 2.40. The van der Waals surface area contributed by atoms with Gasteiger partial charge in [0.05, 0.1) is 11.8 Å². The maximum absolute atomic E-state index is 12.5. The van der Waals surface area contributed by atoms with Crippen LogP contribution in [0.15, 0.2) is 29.3 Å². The van der Waals surface area contributed by atoms with E-state index in [0.717, 1.165) is 25.2 Å². The van der Waals surface area contributed by atoms with Crippen molar-refractivity contribution in [1.82, 2.24) is 25.7 Å². The third-order valence-electron chi connectivity index (χ3n) is 5.82. The third kappa shape index (κ3) is 4.00. The van der Waals surface area contributed by atoms with Crippen molar-refractivity contribution < 1.29 is 4.79 Å². The molecule has 0 radical (unpaired) electrons. The van der Waals surface area contributed by atoms with E-state index < -0.39 is 0 Å². The zero-order chi connectivity index (χ0) is 20.2. The number of carbonyl (C=O) groups is 1. The van der Waals surface area contributed by atoms with Gasteiger partial charge in [0.1, 0.15) is 11.4 Å². The fraction of sp³-hybridized carbons (Fsp3) is 0.455. The van der Waals surface area contributed by atoms with Gasteiger partial charge < -0.3 is 10.3 Å². The average molecular weight is 393 g/mol. The van der Waals surface area contributed by atoms with E-state index in [1.165, 1.54) is 42.5 Å². The van der Waals surface area contributed by atoms with Gasteiger partial charge in [-0.3, -0.25) is 14.8 Å². The molecule has 0 atom stereocenters. The van der Waals surface area contributed by atoms with Crippen LogP contribution in [0, 0.1) is 6.92 Å². The second-order valence-electron chi connectivity index (χ2n) is 7.69. The molecular formula is C22H28N6O. The smallest absolute Gasteiger partial charge is 0.273 e. The summed E-state index contributed by atoms with van der Waals surface area (Å²) >= 11 is 0. The number of aromatic nitrogens is 3. The number of aromatic amines is 1. The molecule has 0 unspecified atom stereocenters. The summed E-state index contributed by atoms with van der Waals surface area (Å²) in [7, 11) is 0. The van der Waals surface area contributed by atoms with E-state index in [0.29, 0.717) is 22.9 Å². The number of hydrogen-bond acceptors (Lipinski definition) is 5. The molecule has 7 nitrogen and oxygen atoms in total. The number of rotatable bonds is 7. The Balaban J connectivity index is 1.74. The minimum Gasteiger partial charge on any atom is -0.359 e. The maximum atomic E-state index is 12.5. The summed E-state index contributed by atoms with van der Waals surface area (Å²) in [5, 5.41) is 7.64. The molecule has 0 spiro atoms. The number of hydrazone groups is 1. The maximum Gasteiger partial charge on any atom is 0.273 e. The normalized spacial score (nSPS) is 18.5. The van der Waals surface area contributed by atoms with Crippen molar-refractivity contribution in [2.75, 3.05) is 13.1 Å². The fourth-order valence-corrected chi connectivity index (χ4v) is 4.45. The third-order valence-corrected chi connectivity index (χ3v) is 5.82. The number of nitrogens with zero attached hydrogens (tertiary/aromatic N) is 3. The minimum absolute atomic E-state index is 0.204. The van der Waals surface area contributed by atoms with Gasteiger partial charge in [0.2, 0.25) is 0 Å². The number of likely N-dealkylation sites (N-methyl/N-ethyl adjacent to an activating group) is 1. The summed E-state index contributed by atoms with van der Waals surface area (Å²) in [6.07, 6.45) is 12.7. The number of H-pyrrole nitrogens is 1. The van der Waals surface area contributed by atoms with Crippen LogP contribution in [-0.2, 0) is 11.2 Å². The fourth-order valence-electron chi connectivity index (χ4n) is 4.45. The van der Waals surface area contributed by atoms with E-state index in [4.69, 9.17) is 0 Å². The van der Waals surface area contributed by atoms with Crippen molar-refractivity contribution in [3.8, 4) is 0 Å². The molecule has 7 heteroatoms. The van der Waals surface area contributed by atoms with Gasteiger partial charge in [-0.25, -0.2) is 5.43 Å². The van der Waals surface area contributed by atoms with E-state index in [-0.39, 0.29) is 5.91 Å². The SMILES string of the molecule is CCNCCc1c(C)[nH]c(/C=C2/C(=O)NN=C2c2cnccn2)c1C1CCCC1. The van der Waals surface area contributed by atoms with Crippen LogP contribution < -0.4 is 10.7 Å².